The first-order valence-corrected chi connectivity index (χ1v) is 7.50. The molecule has 2 rings (SSSR count). The fourth-order valence-electron chi connectivity index (χ4n) is 2.24. The maximum absolute atomic E-state index is 12.4. The molecule has 5 nitrogen and oxygen atoms in total. The second-order valence-corrected chi connectivity index (χ2v) is 5.97. The van der Waals surface area contributed by atoms with Gasteiger partial charge in [0.25, 0.3) is 0 Å². The molecular formula is C15H16Cl2N2O3. The maximum atomic E-state index is 12.4. The summed E-state index contributed by atoms with van der Waals surface area (Å²) >= 11 is 12.4. The fraction of sp³-hybridized carbons (Fsp3) is 0.333. The molecule has 1 aliphatic rings. The van der Waals surface area contributed by atoms with Crippen LogP contribution >= 0.6 is 23.2 Å². The number of carbonyl (C=O) groups is 2. The van der Waals surface area contributed by atoms with E-state index in [1.807, 2.05) is 0 Å². The second-order valence-electron chi connectivity index (χ2n) is 5.16. The lowest BCUT2D eigenvalue weighted by molar-refractivity contribution is -0.143. The highest BCUT2D eigenvalue weighted by atomic mass is 35.5. The van der Waals surface area contributed by atoms with Crippen molar-refractivity contribution in [2.24, 2.45) is 0 Å². The predicted octanol–water partition coefficient (Wildman–Crippen LogP) is 3.57. The minimum Gasteiger partial charge on any atom is -0.459 e. The van der Waals surface area contributed by atoms with Gasteiger partial charge in [-0.25, -0.2) is 9.59 Å². The van der Waals surface area contributed by atoms with E-state index in [0.29, 0.717) is 21.3 Å². The van der Waals surface area contributed by atoms with Crippen LogP contribution in [-0.2, 0) is 9.53 Å². The van der Waals surface area contributed by atoms with E-state index in [1.165, 1.54) is 0 Å². The topological polar surface area (TPSA) is 67.4 Å². The third-order valence-electron chi connectivity index (χ3n) is 3.12. The summed E-state index contributed by atoms with van der Waals surface area (Å²) in [6, 6.07) is 3.80. The van der Waals surface area contributed by atoms with Crippen molar-refractivity contribution in [3.05, 3.63) is 45.1 Å². The molecule has 1 aromatic carbocycles. The third-order valence-corrected chi connectivity index (χ3v) is 3.78. The summed E-state index contributed by atoms with van der Waals surface area (Å²) in [5, 5.41) is 5.96. The summed E-state index contributed by atoms with van der Waals surface area (Å²) in [5.74, 6) is -0.527. The van der Waals surface area contributed by atoms with Crippen molar-refractivity contribution in [3.63, 3.8) is 0 Å². The van der Waals surface area contributed by atoms with Gasteiger partial charge in [-0.15, -0.1) is 0 Å². The predicted molar refractivity (Wildman–Crippen MR) is 84.8 cm³/mol. The number of ether oxygens (including phenoxy) is 1. The van der Waals surface area contributed by atoms with E-state index in [9.17, 15) is 9.59 Å². The van der Waals surface area contributed by atoms with Gasteiger partial charge in [-0.2, -0.15) is 0 Å². The van der Waals surface area contributed by atoms with E-state index in [-0.39, 0.29) is 11.7 Å². The Morgan fingerprint density at radius 2 is 1.86 bits per heavy atom. The van der Waals surface area contributed by atoms with Crippen LogP contribution in [-0.4, -0.2) is 18.1 Å². The van der Waals surface area contributed by atoms with Gasteiger partial charge in [0.05, 0.1) is 17.7 Å². The highest BCUT2D eigenvalue weighted by Crippen LogP contribution is 2.36. The molecule has 118 valence electrons. The molecule has 0 unspecified atom stereocenters. The lowest BCUT2D eigenvalue weighted by Crippen LogP contribution is -2.45. The molecule has 0 fully saturated rings. The summed E-state index contributed by atoms with van der Waals surface area (Å²) in [7, 11) is 0. The van der Waals surface area contributed by atoms with Gasteiger partial charge in [-0.3, -0.25) is 0 Å². The zero-order valence-corrected chi connectivity index (χ0v) is 13.9. The number of amides is 2. The lowest BCUT2D eigenvalue weighted by Gasteiger charge is -2.29. The van der Waals surface area contributed by atoms with Gasteiger partial charge in [0.1, 0.15) is 0 Å². The van der Waals surface area contributed by atoms with Gasteiger partial charge in [0.2, 0.25) is 0 Å². The van der Waals surface area contributed by atoms with Crippen LogP contribution in [0.2, 0.25) is 10.0 Å². The number of esters is 1. The SMILES string of the molecule is CC1=C(C(=O)OC(C)C)[C@H](c2c(Cl)cccc2Cl)NC(=O)N1. The van der Waals surface area contributed by atoms with Gasteiger partial charge in [0, 0.05) is 21.3 Å². The smallest absolute Gasteiger partial charge is 0.338 e. The molecule has 0 saturated carbocycles. The Bertz CT molecular complexity index is 636. The number of halogens is 2. The molecule has 22 heavy (non-hydrogen) atoms. The van der Waals surface area contributed by atoms with E-state index in [4.69, 9.17) is 27.9 Å². The van der Waals surface area contributed by atoms with Crippen molar-refractivity contribution in [1.82, 2.24) is 10.6 Å². The Labute approximate surface area is 138 Å². The molecule has 0 aromatic heterocycles. The number of benzene rings is 1. The first-order valence-electron chi connectivity index (χ1n) is 6.74. The molecule has 0 bridgehead atoms. The molecule has 7 heteroatoms. The standard InChI is InChI=1S/C15H16Cl2N2O3/c1-7(2)22-14(20)11-8(3)18-15(21)19-13(11)12-9(16)5-4-6-10(12)17/h4-7,13H,1-3H3,(H2,18,19,21)/t13-/m1/s1. The Kier molecular flexibility index (Phi) is 4.98. The molecule has 0 spiro atoms. The third kappa shape index (κ3) is 3.36. The largest absolute Gasteiger partial charge is 0.459 e. The van der Waals surface area contributed by atoms with Crippen LogP contribution < -0.4 is 10.6 Å². The van der Waals surface area contributed by atoms with Crippen LogP contribution in [0.1, 0.15) is 32.4 Å². The minimum absolute atomic E-state index is 0.281. The van der Waals surface area contributed by atoms with E-state index < -0.39 is 18.0 Å². The highest BCUT2D eigenvalue weighted by molar-refractivity contribution is 6.36. The van der Waals surface area contributed by atoms with E-state index in [2.05, 4.69) is 10.6 Å². The molecule has 0 aliphatic carbocycles. The summed E-state index contributed by atoms with van der Waals surface area (Å²) in [6.45, 7) is 5.13. The summed E-state index contributed by atoms with van der Waals surface area (Å²) in [4.78, 5) is 24.1. The molecule has 1 heterocycles. The fourth-order valence-corrected chi connectivity index (χ4v) is 2.86. The van der Waals surface area contributed by atoms with E-state index >= 15 is 0 Å². The van der Waals surface area contributed by atoms with Crippen molar-refractivity contribution in [3.8, 4) is 0 Å². The number of hydrogen-bond acceptors (Lipinski definition) is 3. The molecule has 1 aliphatic heterocycles. The monoisotopic (exact) mass is 342 g/mol. The van der Waals surface area contributed by atoms with E-state index in [0.717, 1.165) is 0 Å². The highest BCUT2D eigenvalue weighted by Gasteiger charge is 2.34. The molecule has 2 amide bonds. The summed E-state index contributed by atoms with van der Waals surface area (Å²) in [6.07, 6.45) is -0.284. The molecule has 1 aromatic rings. The van der Waals surface area contributed by atoms with Crippen molar-refractivity contribution < 1.29 is 14.3 Å². The quantitative estimate of drug-likeness (QED) is 0.825. The Hall–Kier alpha value is -1.72. The zero-order chi connectivity index (χ0) is 16.4. The molecule has 0 radical (unpaired) electrons. The minimum atomic E-state index is -0.763. The normalized spacial score (nSPS) is 18.1. The average Bonchev–Trinajstić information content (AvgIpc) is 2.36. The van der Waals surface area contributed by atoms with Crippen LogP contribution in [0, 0.1) is 0 Å². The van der Waals surface area contributed by atoms with Crippen molar-refractivity contribution in [1.29, 1.82) is 0 Å². The number of carbonyl (C=O) groups excluding carboxylic acids is 2. The molecule has 2 N–H and O–H groups in total. The number of nitrogens with one attached hydrogen (secondary N) is 2. The number of urea groups is 1. The summed E-state index contributed by atoms with van der Waals surface area (Å²) < 4.78 is 5.25. The van der Waals surface area contributed by atoms with Crippen LogP contribution in [0.3, 0.4) is 0 Å². The van der Waals surface area contributed by atoms with Crippen LogP contribution in [0.5, 0.6) is 0 Å². The van der Waals surface area contributed by atoms with Crippen molar-refractivity contribution >= 4 is 35.2 Å². The van der Waals surface area contributed by atoms with Crippen LogP contribution in [0.15, 0.2) is 29.5 Å². The van der Waals surface area contributed by atoms with Gasteiger partial charge in [0.15, 0.2) is 0 Å². The zero-order valence-electron chi connectivity index (χ0n) is 12.4. The first kappa shape index (κ1) is 16.6. The maximum Gasteiger partial charge on any atom is 0.338 e. The number of hydrogen-bond donors (Lipinski definition) is 2. The Morgan fingerprint density at radius 3 is 2.41 bits per heavy atom. The van der Waals surface area contributed by atoms with Gasteiger partial charge in [-0.1, -0.05) is 29.3 Å². The van der Waals surface area contributed by atoms with Gasteiger partial charge >= 0.3 is 12.0 Å². The van der Waals surface area contributed by atoms with Crippen molar-refractivity contribution in [2.75, 3.05) is 0 Å². The molecular weight excluding hydrogens is 327 g/mol. The Balaban J connectivity index is 2.53. The average molecular weight is 343 g/mol. The van der Waals surface area contributed by atoms with E-state index in [1.54, 1.807) is 39.0 Å². The molecule has 1 atom stereocenters. The van der Waals surface area contributed by atoms with Gasteiger partial charge < -0.3 is 15.4 Å². The Morgan fingerprint density at radius 1 is 1.27 bits per heavy atom. The van der Waals surface area contributed by atoms with Crippen LogP contribution in [0.4, 0.5) is 4.79 Å². The second kappa shape index (κ2) is 6.58. The first-order chi connectivity index (χ1) is 10.3. The number of allylic oxidation sites excluding steroid dienone is 1. The van der Waals surface area contributed by atoms with Crippen LogP contribution in [0.25, 0.3) is 0 Å². The summed E-state index contributed by atoms with van der Waals surface area (Å²) in [5.41, 5.74) is 1.16. The molecule has 0 saturated heterocycles. The van der Waals surface area contributed by atoms with Gasteiger partial charge in [-0.05, 0) is 32.9 Å². The lowest BCUT2D eigenvalue weighted by atomic mass is 9.95. The number of rotatable bonds is 3. The van der Waals surface area contributed by atoms with Crippen molar-refractivity contribution in [2.45, 2.75) is 32.9 Å².